The number of aliphatic hydroxyl groups is 1. The van der Waals surface area contributed by atoms with E-state index in [-0.39, 0.29) is 24.1 Å². The van der Waals surface area contributed by atoms with E-state index in [2.05, 4.69) is 29.1 Å². The Hall–Kier alpha value is -2.22. The van der Waals surface area contributed by atoms with Gasteiger partial charge in [0.1, 0.15) is 6.04 Å². The van der Waals surface area contributed by atoms with E-state index in [0.29, 0.717) is 18.1 Å². The van der Waals surface area contributed by atoms with Gasteiger partial charge < -0.3 is 19.1 Å². The molecule has 1 saturated heterocycles. The number of likely N-dealkylation sites (tertiary alicyclic amines) is 1. The first-order chi connectivity index (χ1) is 11.5. The van der Waals surface area contributed by atoms with Gasteiger partial charge in [-0.25, -0.2) is 0 Å². The SMILES string of the molecule is CCC(CC)c1cc(C(=O)N2C[C@@H](O)C[C@@H]2c2nc(C)no2)on1. The molecule has 24 heavy (non-hydrogen) atoms. The molecular weight excluding hydrogens is 312 g/mol. The fourth-order valence-corrected chi connectivity index (χ4v) is 3.15. The molecule has 8 nitrogen and oxygen atoms in total. The number of aromatic nitrogens is 3. The quantitative estimate of drug-likeness (QED) is 0.893. The second-order valence-electron chi connectivity index (χ2n) is 6.17. The van der Waals surface area contributed by atoms with Crippen molar-refractivity contribution in [1.29, 1.82) is 0 Å². The predicted molar refractivity (Wildman–Crippen MR) is 83.3 cm³/mol. The van der Waals surface area contributed by atoms with Crippen molar-refractivity contribution in [2.24, 2.45) is 0 Å². The third kappa shape index (κ3) is 3.06. The highest BCUT2D eigenvalue weighted by atomic mass is 16.5. The van der Waals surface area contributed by atoms with E-state index >= 15 is 0 Å². The minimum absolute atomic E-state index is 0.173. The first kappa shape index (κ1) is 16.6. The Kier molecular flexibility index (Phi) is 4.66. The lowest BCUT2D eigenvalue weighted by atomic mass is 9.99. The highest BCUT2D eigenvalue weighted by molar-refractivity contribution is 5.92. The zero-order valence-corrected chi connectivity index (χ0v) is 14.1. The van der Waals surface area contributed by atoms with Crippen molar-refractivity contribution in [2.75, 3.05) is 6.54 Å². The summed E-state index contributed by atoms with van der Waals surface area (Å²) in [4.78, 5) is 18.5. The fourth-order valence-electron chi connectivity index (χ4n) is 3.15. The largest absolute Gasteiger partial charge is 0.391 e. The molecule has 3 rings (SSSR count). The van der Waals surface area contributed by atoms with Crippen molar-refractivity contribution in [2.45, 2.75) is 58.1 Å². The van der Waals surface area contributed by atoms with Gasteiger partial charge in [-0.2, -0.15) is 4.98 Å². The summed E-state index contributed by atoms with van der Waals surface area (Å²) < 4.78 is 10.4. The summed E-state index contributed by atoms with van der Waals surface area (Å²) in [6.45, 7) is 6.07. The topological polar surface area (TPSA) is 105 Å². The number of rotatable bonds is 5. The van der Waals surface area contributed by atoms with Crippen LogP contribution in [0.25, 0.3) is 0 Å². The molecule has 1 fully saturated rings. The van der Waals surface area contributed by atoms with Crippen molar-refractivity contribution >= 4 is 5.91 Å². The smallest absolute Gasteiger partial charge is 0.293 e. The van der Waals surface area contributed by atoms with Crippen LogP contribution < -0.4 is 0 Å². The second kappa shape index (κ2) is 6.72. The number of carbonyl (C=O) groups excluding carboxylic acids is 1. The first-order valence-corrected chi connectivity index (χ1v) is 8.29. The summed E-state index contributed by atoms with van der Waals surface area (Å²) in [6.07, 6.45) is 1.60. The van der Waals surface area contributed by atoms with Crippen LogP contribution in [0.3, 0.4) is 0 Å². The molecule has 2 atom stereocenters. The van der Waals surface area contributed by atoms with E-state index in [9.17, 15) is 9.90 Å². The first-order valence-electron chi connectivity index (χ1n) is 8.29. The summed E-state index contributed by atoms with van der Waals surface area (Å²) in [6, 6.07) is 1.25. The van der Waals surface area contributed by atoms with Gasteiger partial charge in [0.15, 0.2) is 5.82 Å². The number of hydrogen-bond donors (Lipinski definition) is 1. The number of nitrogens with zero attached hydrogens (tertiary/aromatic N) is 4. The zero-order chi connectivity index (χ0) is 17.3. The summed E-state index contributed by atoms with van der Waals surface area (Å²) in [5, 5.41) is 17.8. The lowest BCUT2D eigenvalue weighted by Crippen LogP contribution is -2.31. The summed E-state index contributed by atoms with van der Waals surface area (Å²) in [7, 11) is 0. The maximum atomic E-state index is 12.8. The number of aliphatic hydroxyl groups excluding tert-OH is 1. The van der Waals surface area contributed by atoms with Gasteiger partial charge in [0.05, 0.1) is 11.8 Å². The maximum Gasteiger partial charge on any atom is 0.293 e. The molecule has 0 radical (unpaired) electrons. The van der Waals surface area contributed by atoms with Crippen LogP contribution >= 0.6 is 0 Å². The average molecular weight is 334 g/mol. The van der Waals surface area contributed by atoms with Crippen LogP contribution in [0, 0.1) is 6.92 Å². The molecule has 0 aromatic carbocycles. The van der Waals surface area contributed by atoms with Crippen molar-refractivity contribution in [3.63, 3.8) is 0 Å². The molecule has 130 valence electrons. The van der Waals surface area contributed by atoms with Crippen molar-refractivity contribution < 1.29 is 18.9 Å². The van der Waals surface area contributed by atoms with Crippen LogP contribution in [-0.4, -0.2) is 43.9 Å². The van der Waals surface area contributed by atoms with Gasteiger partial charge in [-0.1, -0.05) is 24.2 Å². The van der Waals surface area contributed by atoms with Gasteiger partial charge in [0.2, 0.25) is 11.7 Å². The Morgan fingerprint density at radius 1 is 1.38 bits per heavy atom. The Bertz CT molecular complexity index is 707. The summed E-state index contributed by atoms with van der Waals surface area (Å²) >= 11 is 0. The molecule has 2 aromatic rings. The Labute approximate surface area is 139 Å². The second-order valence-corrected chi connectivity index (χ2v) is 6.17. The normalized spacial score (nSPS) is 21.0. The standard InChI is InChI=1S/C16H22N4O4/c1-4-10(5-2)12-7-14(23-19-12)16(22)20-8-11(21)6-13(20)15-17-9(3)18-24-15/h7,10-11,13,21H,4-6,8H2,1-3H3/t11-,13+/m0/s1. The number of carbonyl (C=O) groups is 1. The van der Waals surface area contributed by atoms with Gasteiger partial charge in [0, 0.05) is 24.9 Å². The van der Waals surface area contributed by atoms with E-state index in [4.69, 9.17) is 9.05 Å². The summed E-state index contributed by atoms with van der Waals surface area (Å²) in [5.74, 6) is 0.949. The van der Waals surface area contributed by atoms with Gasteiger partial charge >= 0.3 is 0 Å². The third-order valence-electron chi connectivity index (χ3n) is 4.51. The van der Waals surface area contributed by atoms with Crippen LogP contribution in [-0.2, 0) is 0 Å². The molecule has 3 heterocycles. The van der Waals surface area contributed by atoms with Crippen LogP contribution in [0.15, 0.2) is 15.1 Å². The molecule has 1 N–H and O–H groups in total. The number of β-amino-alcohol motifs (C(OH)–C–C–N with tert-alkyl or cyclic N) is 1. The highest BCUT2D eigenvalue weighted by Gasteiger charge is 2.40. The highest BCUT2D eigenvalue weighted by Crippen LogP contribution is 2.33. The minimum Gasteiger partial charge on any atom is -0.391 e. The fraction of sp³-hybridized carbons (Fsp3) is 0.625. The molecule has 1 aliphatic heterocycles. The molecule has 0 unspecified atom stereocenters. The van der Waals surface area contributed by atoms with E-state index in [1.54, 1.807) is 13.0 Å². The van der Waals surface area contributed by atoms with Crippen molar-refractivity contribution in [1.82, 2.24) is 20.2 Å². The van der Waals surface area contributed by atoms with Gasteiger partial charge in [-0.15, -0.1) is 0 Å². The molecule has 1 aliphatic rings. The molecule has 8 heteroatoms. The lowest BCUT2D eigenvalue weighted by molar-refractivity contribution is 0.0651. The van der Waals surface area contributed by atoms with Gasteiger partial charge in [-0.05, 0) is 19.8 Å². The third-order valence-corrected chi connectivity index (χ3v) is 4.51. The average Bonchev–Trinajstić information content (AvgIpc) is 3.27. The number of amides is 1. The monoisotopic (exact) mass is 334 g/mol. The van der Waals surface area contributed by atoms with Gasteiger partial charge in [0.25, 0.3) is 5.91 Å². The molecule has 0 spiro atoms. The number of aryl methyl sites for hydroxylation is 1. The van der Waals surface area contributed by atoms with E-state index < -0.39 is 12.1 Å². The van der Waals surface area contributed by atoms with Crippen LogP contribution in [0.2, 0.25) is 0 Å². The Morgan fingerprint density at radius 2 is 2.12 bits per heavy atom. The molecule has 1 amide bonds. The minimum atomic E-state index is -0.632. The molecule has 0 bridgehead atoms. The maximum absolute atomic E-state index is 12.8. The van der Waals surface area contributed by atoms with E-state index in [1.807, 2.05) is 0 Å². The van der Waals surface area contributed by atoms with Crippen LogP contribution in [0.4, 0.5) is 0 Å². The van der Waals surface area contributed by atoms with Gasteiger partial charge in [-0.3, -0.25) is 4.79 Å². The molecule has 0 saturated carbocycles. The zero-order valence-electron chi connectivity index (χ0n) is 14.1. The summed E-state index contributed by atoms with van der Waals surface area (Å²) in [5.41, 5.74) is 0.785. The van der Waals surface area contributed by atoms with Crippen LogP contribution in [0.1, 0.15) is 73.0 Å². The van der Waals surface area contributed by atoms with Crippen molar-refractivity contribution in [3.05, 3.63) is 29.2 Å². The van der Waals surface area contributed by atoms with Crippen LogP contribution in [0.5, 0.6) is 0 Å². The molecule has 0 aliphatic carbocycles. The lowest BCUT2D eigenvalue weighted by Gasteiger charge is -2.19. The molecule has 2 aromatic heterocycles. The van der Waals surface area contributed by atoms with E-state index in [0.717, 1.165) is 18.5 Å². The van der Waals surface area contributed by atoms with Crippen molar-refractivity contribution in [3.8, 4) is 0 Å². The van der Waals surface area contributed by atoms with E-state index in [1.165, 1.54) is 4.90 Å². The predicted octanol–water partition coefficient (Wildman–Crippen LogP) is 2.22. The Morgan fingerprint density at radius 3 is 2.75 bits per heavy atom. The Balaban J connectivity index is 1.82. The molecular formula is C16H22N4O4. The number of hydrogen-bond acceptors (Lipinski definition) is 7.